The summed E-state index contributed by atoms with van der Waals surface area (Å²) in [5.74, 6) is 2.84. The monoisotopic (exact) mass is 471 g/mol. The molecule has 0 unspecified atom stereocenters. The van der Waals surface area contributed by atoms with Crippen LogP contribution < -0.4 is 4.74 Å². The predicted octanol–water partition coefficient (Wildman–Crippen LogP) is 4.50. The Hall–Kier alpha value is -2.94. The van der Waals surface area contributed by atoms with E-state index in [1.54, 1.807) is 25.4 Å². The number of aryl methyl sites for hydroxylation is 1. The summed E-state index contributed by atoms with van der Waals surface area (Å²) in [6.07, 6.45) is 1.42. The quantitative estimate of drug-likeness (QED) is 0.453. The molecule has 2 atom stereocenters. The molecule has 2 aromatic heterocycles. The molecule has 0 bridgehead atoms. The van der Waals surface area contributed by atoms with Gasteiger partial charge in [-0.3, -0.25) is 0 Å². The third-order valence-corrected chi connectivity index (χ3v) is 7.30. The number of halogens is 3. The van der Waals surface area contributed by atoms with Crippen LogP contribution in [0.1, 0.15) is 36.2 Å². The standard InChI is InChI=1S/C25H28F3N5O/c1-32-21(30-31-23(32)17-6-11-22(34-2)29-14-17)5-3-4-12-33-15-20-13-24(20,16-33)18-7-9-19(10-8-18)25(26,27)28/h6-11,14,20H,3-5,12-13,15-16H2,1-2H3/t20-,24+/m0/s1. The zero-order chi connectivity index (χ0) is 23.9. The molecule has 0 spiro atoms. The van der Waals surface area contributed by atoms with Gasteiger partial charge in [-0.25, -0.2) is 4.98 Å². The van der Waals surface area contributed by atoms with Crippen molar-refractivity contribution in [2.75, 3.05) is 26.7 Å². The molecule has 1 aliphatic carbocycles. The minimum atomic E-state index is -4.28. The summed E-state index contributed by atoms with van der Waals surface area (Å²) in [5.41, 5.74) is 1.42. The largest absolute Gasteiger partial charge is 0.481 e. The number of benzene rings is 1. The van der Waals surface area contributed by atoms with Gasteiger partial charge in [-0.1, -0.05) is 12.1 Å². The average molecular weight is 472 g/mol. The summed E-state index contributed by atoms with van der Waals surface area (Å²) in [7, 11) is 3.55. The highest BCUT2D eigenvalue weighted by Crippen LogP contribution is 2.59. The van der Waals surface area contributed by atoms with Gasteiger partial charge in [-0.15, -0.1) is 10.2 Å². The Kier molecular flexibility index (Phi) is 5.83. The van der Waals surface area contributed by atoms with E-state index in [2.05, 4.69) is 20.1 Å². The van der Waals surface area contributed by atoms with E-state index in [1.165, 1.54) is 12.1 Å². The first-order valence-corrected chi connectivity index (χ1v) is 11.6. The lowest BCUT2D eigenvalue weighted by Crippen LogP contribution is -2.27. The minimum absolute atomic E-state index is 0.0506. The molecular weight excluding hydrogens is 443 g/mol. The second-order valence-electron chi connectivity index (χ2n) is 9.41. The third kappa shape index (κ3) is 4.29. The van der Waals surface area contributed by atoms with Crippen LogP contribution in [0.5, 0.6) is 5.88 Å². The van der Waals surface area contributed by atoms with E-state index in [0.29, 0.717) is 11.8 Å². The van der Waals surface area contributed by atoms with Gasteiger partial charge in [0, 0.05) is 49.8 Å². The molecule has 0 amide bonds. The number of hydrogen-bond donors (Lipinski definition) is 0. The van der Waals surface area contributed by atoms with Gasteiger partial charge in [0.1, 0.15) is 5.82 Å². The van der Waals surface area contributed by atoms with Gasteiger partial charge in [0.2, 0.25) is 5.88 Å². The normalized spacial score (nSPS) is 22.1. The van der Waals surface area contributed by atoms with Gasteiger partial charge >= 0.3 is 6.18 Å². The van der Waals surface area contributed by atoms with Crippen LogP contribution in [0.2, 0.25) is 0 Å². The summed E-state index contributed by atoms with van der Waals surface area (Å²) in [5, 5.41) is 8.69. The maximum absolute atomic E-state index is 12.9. The lowest BCUT2D eigenvalue weighted by molar-refractivity contribution is -0.137. The van der Waals surface area contributed by atoms with Gasteiger partial charge in [-0.2, -0.15) is 13.2 Å². The second kappa shape index (κ2) is 8.69. The average Bonchev–Trinajstić information content (AvgIpc) is 3.21. The van der Waals surface area contributed by atoms with Gasteiger partial charge < -0.3 is 14.2 Å². The number of pyridine rings is 1. The van der Waals surface area contributed by atoms with Crippen molar-refractivity contribution in [2.45, 2.75) is 37.3 Å². The van der Waals surface area contributed by atoms with Gasteiger partial charge in [0.05, 0.1) is 12.7 Å². The highest BCUT2D eigenvalue weighted by molar-refractivity contribution is 5.54. The summed E-state index contributed by atoms with van der Waals surface area (Å²) < 4.78 is 45.7. The highest BCUT2D eigenvalue weighted by atomic mass is 19.4. The Morgan fingerprint density at radius 3 is 2.56 bits per heavy atom. The molecule has 9 heteroatoms. The zero-order valence-corrected chi connectivity index (χ0v) is 19.3. The third-order valence-electron chi connectivity index (χ3n) is 7.30. The Labute approximate surface area is 196 Å². The van der Waals surface area contributed by atoms with Crippen molar-refractivity contribution in [1.82, 2.24) is 24.6 Å². The van der Waals surface area contributed by atoms with Crippen molar-refractivity contribution in [2.24, 2.45) is 13.0 Å². The van der Waals surface area contributed by atoms with E-state index in [1.807, 2.05) is 23.7 Å². The Morgan fingerprint density at radius 1 is 1.09 bits per heavy atom. The molecule has 0 N–H and O–H groups in total. The number of methoxy groups -OCH3 is 1. The molecule has 2 fully saturated rings. The fourth-order valence-corrected chi connectivity index (χ4v) is 5.28. The number of rotatable bonds is 8. The number of ether oxygens (including phenoxy) is 1. The first kappa shape index (κ1) is 22.8. The van der Waals surface area contributed by atoms with Crippen LogP contribution in [-0.2, 0) is 25.1 Å². The maximum Gasteiger partial charge on any atom is 0.416 e. The van der Waals surface area contributed by atoms with E-state index in [-0.39, 0.29) is 5.41 Å². The van der Waals surface area contributed by atoms with Crippen LogP contribution in [0.15, 0.2) is 42.6 Å². The summed E-state index contributed by atoms with van der Waals surface area (Å²) >= 11 is 0. The summed E-state index contributed by atoms with van der Waals surface area (Å²) in [6, 6.07) is 9.53. The van der Waals surface area contributed by atoms with Crippen molar-refractivity contribution in [1.29, 1.82) is 0 Å². The number of likely N-dealkylation sites (tertiary alicyclic amines) is 1. The van der Waals surface area contributed by atoms with Crippen LogP contribution in [0.25, 0.3) is 11.4 Å². The fraction of sp³-hybridized carbons (Fsp3) is 0.480. The number of hydrogen-bond acceptors (Lipinski definition) is 5. The van der Waals surface area contributed by atoms with Crippen molar-refractivity contribution in [3.63, 3.8) is 0 Å². The number of piperidine rings is 1. The Balaban J connectivity index is 1.11. The maximum atomic E-state index is 12.9. The Morgan fingerprint density at radius 2 is 1.88 bits per heavy atom. The lowest BCUT2D eigenvalue weighted by atomic mass is 9.94. The zero-order valence-electron chi connectivity index (χ0n) is 19.3. The van der Waals surface area contributed by atoms with Gasteiger partial charge in [0.15, 0.2) is 5.82 Å². The first-order valence-electron chi connectivity index (χ1n) is 11.6. The molecule has 1 saturated heterocycles. The predicted molar refractivity (Wildman–Crippen MR) is 121 cm³/mol. The van der Waals surface area contributed by atoms with Crippen molar-refractivity contribution < 1.29 is 17.9 Å². The van der Waals surface area contributed by atoms with Crippen LogP contribution in [-0.4, -0.2) is 51.4 Å². The molecule has 6 nitrogen and oxygen atoms in total. The van der Waals surface area contributed by atoms with Crippen molar-refractivity contribution in [3.8, 4) is 17.3 Å². The highest BCUT2D eigenvalue weighted by Gasteiger charge is 2.60. The van der Waals surface area contributed by atoms with Gasteiger partial charge in [-0.05, 0) is 55.5 Å². The molecule has 2 aliphatic rings. The number of nitrogens with zero attached hydrogens (tertiary/aromatic N) is 5. The SMILES string of the molecule is COc1ccc(-c2nnc(CCCCN3C[C@@H]4C[C@]4(c4ccc(C(F)(F)F)cc4)C3)n2C)cn1. The molecule has 1 aliphatic heterocycles. The minimum Gasteiger partial charge on any atom is -0.481 e. The first-order chi connectivity index (χ1) is 16.3. The van der Waals surface area contributed by atoms with E-state index in [9.17, 15) is 13.2 Å². The number of aromatic nitrogens is 4. The molecule has 5 rings (SSSR count). The smallest absolute Gasteiger partial charge is 0.416 e. The van der Waals surface area contributed by atoms with Crippen molar-refractivity contribution >= 4 is 0 Å². The van der Waals surface area contributed by atoms with Crippen molar-refractivity contribution in [3.05, 3.63) is 59.5 Å². The fourth-order valence-electron chi connectivity index (χ4n) is 5.28. The number of fused-ring (bicyclic) bond motifs is 1. The molecule has 3 heterocycles. The van der Waals surface area contributed by atoms with E-state index < -0.39 is 11.7 Å². The van der Waals surface area contributed by atoms with E-state index in [0.717, 1.165) is 68.1 Å². The summed E-state index contributed by atoms with van der Waals surface area (Å²) in [6.45, 7) is 2.95. The van der Waals surface area contributed by atoms with E-state index in [4.69, 9.17) is 4.74 Å². The van der Waals surface area contributed by atoms with Gasteiger partial charge in [0.25, 0.3) is 0 Å². The molecule has 1 saturated carbocycles. The molecule has 3 aromatic rings. The molecule has 0 radical (unpaired) electrons. The summed E-state index contributed by atoms with van der Waals surface area (Å²) in [4.78, 5) is 6.69. The van der Waals surface area contributed by atoms with Crippen LogP contribution in [0.4, 0.5) is 13.2 Å². The molecular formula is C25H28F3N5O. The van der Waals surface area contributed by atoms with Crippen LogP contribution in [0.3, 0.4) is 0 Å². The second-order valence-corrected chi connectivity index (χ2v) is 9.41. The lowest BCUT2D eigenvalue weighted by Gasteiger charge is -2.21. The molecule has 1 aromatic carbocycles. The van der Waals surface area contributed by atoms with E-state index >= 15 is 0 Å². The molecule has 34 heavy (non-hydrogen) atoms. The topological polar surface area (TPSA) is 56.1 Å². The van der Waals surface area contributed by atoms with Crippen LogP contribution in [0, 0.1) is 5.92 Å². The molecule has 180 valence electrons. The Bertz CT molecular complexity index is 1140. The van der Waals surface area contributed by atoms with Crippen LogP contribution >= 0.6 is 0 Å². The number of alkyl halides is 3. The number of unbranched alkanes of at least 4 members (excludes halogenated alkanes) is 1.